The van der Waals surface area contributed by atoms with Crippen LogP contribution in [0.2, 0.25) is 0 Å². The van der Waals surface area contributed by atoms with E-state index < -0.39 is 5.97 Å². The molecule has 144 valence electrons. The van der Waals surface area contributed by atoms with Crippen LogP contribution in [0.3, 0.4) is 0 Å². The molecule has 3 rings (SSSR count). The number of ether oxygens (including phenoxy) is 1. The Hall–Kier alpha value is -4.31. The summed E-state index contributed by atoms with van der Waals surface area (Å²) in [4.78, 5) is 27.3. The molecular formula is C22H17N3O4. The van der Waals surface area contributed by atoms with Gasteiger partial charge in [-0.25, -0.2) is 9.78 Å². The number of hydrogen-bond acceptors (Lipinski definition) is 5. The summed E-state index contributed by atoms with van der Waals surface area (Å²) in [5.74, 6) is 5.07. The van der Waals surface area contributed by atoms with E-state index in [0.717, 1.165) is 0 Å². The minimum absolute atomic E-state index is 0.00260. The van der Waals surface area contributed by atoms with Crippen LogP contribution in [0.25, 0.3) is 0 Å². The predicted molar refractivity (Wildman–Crippen MR) is 109 cm³/mol. The van der Waals surface area contributed by atoms with Crippen LogP contribution in [0.4, 0.5) is 11.5 Å². The lowest BCUT2D eigenvalue weighted by molar-refractivity contribution is 0.0696. The summed E-state index contributed by atoms with van der Waals surface area (Å²) in [6, 6.07) is 15.1. The van der Waals surface area contributed by atoms with Crippen molar-refractivity contribution in [1.82, 2.24) is 4.98 Å². The fourth-order valence-corrected chi connectivity index (χ4v) is 2.47. The number of aromatic carboxylic acids is 1. The van der Waals surface area contributed by atoms with Gasteiger partial charge in [-0.15, -0.1) is 0 Å². The molecule has 7 heteroatoms. The number of methoxy groups -OCH3 is 1. The molecule has 29 heavy (non-hydrogen) atoms. The van der Waals surface area contributed by atoms with Crippen LogP contribution in [0.1, 0.15) is 31.8 Å². The zero-order valence-electron chi connectivity index (χ0n) is 15.5. The van der Waals surface area contributed by atoms with Crippen molar-refractivity contribution >= 4 is 23.4 Å². The van der Waals surface area contributed by atoms with Crippen molar-refractivity contribution in [2.24, 2.45) is 0 Å². The number of benzene rings is 2. The second-order valence-corrected chi connectivity index (χ2v) is 5.98. The number of nitrogen functional groups attached to an aromatic ring is 1. The Labute approximate surface area is 167 Å². The fourth-order valence-electron chi connectivity index (χ4n) is 2.47. The molecule has 1 heterocycles. The molecule has 0 aliphatic carbocycles. The highest BCUT2D eigenvalue weighted by Gasteiger charge is 2.08. The highest BCUT2D eigenvalue weighted by Crippen LogP contribution is 2.16. The van der Waals surface area contributed by atoms with Crippen molar-refractivity contribution in [1.29, 1.82) is 0 Å². The normalized spacial score (nSPS) is 9.83. The number of amides is 1. The van der Waals surface area contributed by atoms with Gasteiger partial charge in [-0.05, 0) is 42.5 Å². The molecule has 0 spiro atoms. The highest BCUT2D eigenvalue weighted by molar-refractivity contribution is 6.04. The molecule has 0 atom stereocenters. The molecule has 0 saturated carbocycles. The third-order valence-electron chi connectivity index (χ3n) is 3.96. The number of carboxylic acids is 1. The lowest BCUT2D eigenvalue weighted by atomic mass is 10.1. The molecule has 0 radical (unpaired) electrons. The number of carboxylic acid groups (broad SMARTS) is 1. The zero-order valence-corrected chi connectivity index (χ0v) is 15.5. The Morgan fingerprint density at radius 2 is 1.86 bits per heavy atom. The van der Waals surface area contributed by atoms with E-state index in [1.807, 2.05) is 0 Å². The summed E-state index contributed by atoms with van der Waals surface area (Å²) >= 11 is 0. The first kappa shape index (κ1) is 19.5. The molecule has 0 saturated heterocycles. The Balaban J connectivity index is 1.80. The Bertz CT molecular complexity index is 1150. The first-order valence-corrected chi connectivity index (χ1v) is 8.52. The first-order valence-electron chi connectivity index (χ1n) is 8.52. The summed E-state index contributed by atoms with van der Waals surface area (Å²) in [6.45, 7) is 0. The van der Waals surface area contributed by atoms with Crippen LogP contribution in [-0.4, -0.2) is 29.1 Å². The van der Waals surface area contributed by atoms with Crippen molar-refractivity contribution in [3.05, 3.63) is 83.0 Å². The monoisotopic (exact) mass is 387 g/mol. The van der Waals surface area contributed by atoms with Crippen LogP contribution in [-0.2, 0) is 0 Å². The lowest BCUT2D eigenvalue weighted by Gasteiger charge is -2.07. The van der Waals surface area contributed by atoms with E-state index in [9.17, 15) is 9.59 Å². The molecule has 4 N–H and O–H groups in total. The van der Waals surface area contributed by atoms with Crippen molar-refractivity contribution < 1.29 is 19.4 Å². The molecule has 0 bridgehead atoms. The number of aromatic nitrogens is 1. The number of carbonyl (C=O) groups excluding carboxylic acids is 1. The summed E-state index contributed by atoms with van der Waals surface area (Å²) in [7, 11) is 1.54. The van der Waals surface area contributed by atoms with Gasteiger partial charge in [-0.1, -0.05) is 24.0 Å². The summed E-state index contributed by atoms with van der Waals surface area (Å²) in [6.07, 6.45) is 1.18. The summed E-state index contributed by atoms with van der Waals surface area (Å²) < 4.78 is 5.13. The van der Waals surface area contributed by atoms with Crippen molar-refractivity contribution in [3.63, 3.8) is 0 Å². The molecule has 0 unspecified atom stereocenters. The third-order valence-corrected chi connectivity index (χ3v) is 3.96. The van der Waals surface area contributed by atoms with Gasteiger partial charge in [0.05, 0.1) is 18.2 Å². The van der Waals surface area contributed by atoms with Crippen LogP contribution in [0, 0.1) is 11.8 Å². The van der Waals surface area contributed by atoms with E-state index >= 15 is 0 Å². The van der Waals surface area contributed by atoms with Crippen molar-refractivity contribution in [3.8, 4) is 17.6 Å². The quantitative estimate of drug-likeness (QED) is 0.593. The Kier molecular flexibility index (Phi) is 5.76. The van der Waals surface area contributed by atoms with Crippen LogP contribution >= 0.6 is 0 Å². The van der Waals surface area contributed by atoms with E-state index in [-0.39, 0.29) is 17.3 Å². The average molecular weight is 387 g/mol. The van der Waals surface area contributed by atoms with Gasteiger partial charge >= 0.3 is 5.97 Å². The van der Waals surface area contributed by atoms with Gasteiger partial charge < -0.3 is 20.9 Å². The van der Waals surface area contributed by atoms with Crippen molar-refractivity contribution in [2.75, 3.05) is 18.2 Å². The maximum Gasteiger partial charge on any atom is 0.337 e. The van der Waals surface area contributed by atoms with Crippen LogP contribution in [0.15, 0.2) is 60.8 Å². The lowest BCUT2D eigenvalue weighted by Crippen LogP contribution is -2.11. The van der Waals surface area contributed by atoms with E-state index in [0.29, 0.717) is 28.1 Å². The van der Waals surface area contributed by atoms with Gasteiger partial charge in [0.2, 0.25) is 0 Å². The summed E-state index contributed by atoms with van der Waals surface area (Å²) in [5, 5.41) is 11.9. The van der Waals surface area contributed by atoms with Gasteiger partial charge in [0, 0.05) is 23.0 Å². The molecule has 0 aliphatic rings. The minimum atomic E-state index is -1.11. The number of nitrogens with two attached hydrogens (primary N) is 1. The number of rotatable bonds is 4. The molecule has 1 amide bonds. The Morgan fingerprint density at radius 3 is 2.62 bits per heavy atom. The molecule has 7 nitrogen and oxygen atoms in total. The number of anilines is 2. The molecule has 3 aromatic rings. The maximum atomic E-state index is 12.4. The minimum Gasteiger partial charge on any atom is -0.497 e. The van der Waals surface area contributed by atoms with Crippen molar-refractivity contribution in [2.45, 2.75) is 0 Å². The number of nitrogens with zero attached hydrogens (tertiary/aromatic N) is 1. The predicted octanol–water partition coefficient (Wildman–Crippen LogP) is 3.02. The number of pyridine rings is 1. The second-order valence-electron chi connectivity index (χ2n) is 5.98. The number of nitrogens with one attached hydrogen (secondary N) is 1. The van der Waals surface area contributed by atoms with E-state index in [1.165, 1.54) is 19.4 Å². The largest absolute Gasteiger partial charge is 0.497 e. The average Bonchev–Trinajstić information content (AvgIpc) is 2.73. The number of carbonyl (C=O) groups is 2. The van der Waals surface area contributed by atoms with E-state index in [1.54, 1.807) is 48.5 Å². The topological polar surface area (TPSA) is 115 Å². The molecule has 1 aromatic heterocycles. The van der Waals surface area contributed by atoms with E-state index in [4.69, 9.17) is 15.6 Å². The SMILES string of the molecule is COc1cccc(C(=O)Nc2cccc(C#Cc3cc(C(=O)O)cnc3N)c2)c1. The van der Waals surface area contributed by atoms with Gasteiger partial charge in [-0.2, -0.15) is 0 Å². The second kappa shape index (κ2) is 8.59. The van der Waals surface area contributed by atoms with Gasteiger partial charge in [0.1, 0.15) is 11.6 Å². The zero-order chi connectivity index (χ0) is 20.8. The smallest absolute Gasteiger partial charge is 0.337 e. The third kappa shape index (κ3) is 4.90. The highest BCUT2D eigenvalue weighted by atomic mass is 16.5. The van der Waals surface area contributed by atoms with Crippen LogP contribution in [0.5, 0.6) is 5.75 Å². The Morgan fingerprint density at radius 1 is 1.07 bits per heavy atom. The number of hydrogen-bond donors (Lipinski definition) is 3. The standard InChI is InChI=1S/C22H17N3O4/c1-29-19-7-3-5-16(12-19)21(26)25-18-6-2-4-14(10-18)8-9-15-11-17(22(27)28)13-24-20(15)23/h2-7,10-13H,1H3,(H2,23,24)(H,25,26)(H,27,28). The molecule has 0 fully saturated rings. The van der Waals surface area contributed by atoms with Crippen LogP contribution < -0.4 is 15.8 Å². The van der Waals surface area contributed by atoms with Gasteiger partial charge in [0.15, 0.2) is 0 Å². The fraction of sp³-hybridized carbons (Fsp3) is 0.0455. The molecule has 2 aromatic carbocycles. The molecular weight excluding hydrogens is 370 g/mol. The van der Waals surface area contributed by atoms with Gasteiger partial charge in [-0.3, -0.25) is 4.79 Å². The summed E-state index contributed by atoms with van der Waals surface area (Å²) in [5.41, 5.74) is 7.73. The van der Waals surface area contributed by atoms with E-state index in [2.05, 4.69) is 22.1 Å². The van der Waals surface area contributed by atoms with Gasteiger partial charge in [0.25, 0.3) is 5.91 Å². The maximum absolute atomic E-state index is 12.4. The first-order chi connectivity index (χ1) is 14.0. The molecule has 0 aliphatic heterocycles.